The highest BCUT2D eigenvalue weighted by molar-refractivity contribution is 6.00. The zero-order valence-electron chi connectivity index (χ0n) is 23.0. The van der Waals surface area contributed by atoms with E-state index in [-0.39, 0.29) is 41.8 Å². The fourth-order valence-electron chi connectivity index (χ4n) is 8.44. The summed E-state index contributed by atoms with van der Waals surface area (Å²) in [6, 6.07) is 16.3. The average molecular weight is 517 g/mol. The second-order valence-electron chi connectivity index (χ2n) is 12.9. The summed E-state index contributed by atoms with van der Waals surface area (Å²) in [5.41, 5.74) is 2.62. The maximum absolute atomic E-state index is 14.1. The van der Waals surface area contributed by atoms with E-state index in [4.69, 9.17) is 14.2 Å². The van der Waals surface area contributed by atoms with Crippen molar-refractivity contribution in [3.63, 3.8) is 0 Å². The summed E-state index contributed by atoms with van der Waals surface area (Å²) in [5, 5.41) is 3.89. The highest BCUT2D eigenvalue weighted by Crippen LogP contribution is 2.62. The lowest BCUT2D eigenvalue weighted by Gasteiger charge is -2.52. The van der Waals surface area contributed by atoms with Crippen molar-refractivity contribution in [2.75, 3.05) is 12.0 Å². The highest BCUT2D eigenvalue weighted by atomic mass is 16.5. The van der Waals surface area contributed by atoms with Crippen LogP contribution in [-0.4, -0.2) is 36.4 Å². The summed E-state index contributed by atoms with van der Waals surface area (Å²) in [5.74, 6) is 2.03. The van der Waals surface area contributed by atoms with Crippen molar-refractivity contribution < 1.29 is 19.0 Å². The molecule has 202 valence electrons. The lowest BCUT2D eigenvalue weighted by atomic mass is 9.70. The molecule has 4 saturated heterocycles. The first kappa shape index (κ1) is 24.6. The first-order valence-electron chi connectivity index (χ1n) is 14.5. The number of nitrogens with zero attached hydrogens (tertiary/aromatic N) is 1. The number of benzene rings is 2. The molecule has 6 nitrogen and oxygen atoms in total. The number of fused-ring (bicyclic) bond motifs is 2. The van der Waals surface area contributed by atoms with E-state index in [1.807, 2.05) is 29.2 Å². The van der Waals surface area contributed by atoms with Gasteiger partial charge in [-0.05, 0) is 81.7 Å². The number of carbonyl (C=O) groups is 1. The predicted molar refractivity (Wildman–Crippen MR) is 146 cm³/mol. The van der Waals surface area contributed by atoms with Crippen LogP contribution in [0.4, 0.5) is 5.69 Å². The van der Waals surface area contributed by atoms with E-state index < -0.39 is 5.60 Å². The van der Waals surface area contributed by atoms with Crippen molar-refractivity contribution in [3.05, 3.63) is 59.7 Å². The molecule has 0 radical (unpaired) electrons. The molecular weight excluding hydrogens is 476 g/mol. The summed E-state index contributed by atoms with van der Waals surface area (Å²) < 4.78 is 19.1. The SMILES string of the molecule is COc1ccc(N2C(=O)[C@H]3C[C@@H]4CC[C@]3(O4)[C@@H]2c2ccccc2[C@H]2NC(C)(C)[C@@H]3CC[C@@H](C)C[C@H]3O2)cc1. The smallest absolute Gasteiger partial charge is 0.233 e. The molecule has 5 aliphatic rings. The van der Waals surface area contributed by atoms with Gasteiger partial charge in [0.25, 0.3) is 0 Å². The monoisotopic (exact) mass is 516 g/mol. The average Bonchev–Trinajstić information content (AvgIpc) is 3.57. The zero-order chi connectivity index (χ0) is 26.2. The van der Waals surface area contributed by atoms with Crippen molar-refractivity contribution >= 4 is 11.6 Å². The number of rotatable bonds is 4. The lowest BCUT2D eigenvalue weighted by molar-refractivity contribution is -0.157. The number of methoxy groups -OCH3 is 1. The third-order valence-corrected chi connectivity index (χ3v) is 10.3. The van der Waals surface area contributed by atoms with Crippen LogP contribution in [0.2, 0.25) is 0 Å². The van der Waals surface area contributed by atoms with Crippen LogP contribution < -0.4 is 15.0 Å². The first-order valence-corrected chi connectivity index (χ1v) is 14.5. The quantitative estimate of drug-likeness (QED) is 0.546. The summed E-state index contributed by atoms with van der Waals surface area (Å²) in [6.07, 6.45) is 6.50. The van der Waals surface area contributed by atoms with Crippen molar-refractivity contribution in [1.29, 1.82) is 0 Å². The number of hydrogen-bond donors (Lipinski definition) is 1. The molecule has 0 aromatic heterocycles. The molecular formula is C32H40N2O4. The maximum atomic E-state index is 14.1. The lowest BCUT2D eigenvalue weighted by Crippen LogP contribution is -2.59. The molecule has 1 N–H and O–H groups in total. The fraction of sp³-hybridized carbons (Fsp3) is 0.594. The van der Waals surface area contributed by atoms with E-state index in [1.165, 1.54) is 12.8 Å². The van der Waals surface area contributed by atoms with Gasteiger partial charge < -0.3 is 19.1 Å². The van der Waals surface area contributed by atoms with Crippen molar-refractivity contribution in [2.45, 2.75) is 94.9 Å². The van der Waals surface area contributed by atoms with E-state index in [1.54, 1.807) is 7.11 Å². The standard InChI is InChI=1S/C32H40N2O4/c1-19-9-14-25-27(17-19)37-29(33-31(25,2)3)24-8-6-5-7-23(24)28-32-16-15-22(38-32)18-26(32)30(35)34(28)20-10-12-21(36-4)13-11-20/h5-8,10-13,19,22,25-29,33H,9,14-18H2,1-4H3/t19-,22+,25-,26-,27-,28+,29+,32-/m1/s1. The Kier molecular flexibility index (Phi) is 5.70. The van der Waals surface area contributed by atoms with Crippen molar-refractivity contribution in [2.24, 2.45) is 17.8 Å². The van der Waals surface area contributed by atoms with Crippen LogP contribution in [0.5, 0.6) is 5.75 Å². The topological polar surface area (TPSA) is 60.0 Å². The van der Waals surface area contributed by atoms with Crippen LogP contribution in [0.25, 0.3) is 0 Å². The summed E-state index contributed by atoms with van der Waals surface area (Å²) in [7, 11) is 1.67. The molecule has 4 aliphatic heterocycles. The van der Waals surface area contributed by atoms with Gasteiger partial charge in [0.2, 0.25) is 5.91 Å². The molecule has 1 spiro atoms. The normalized spacial score (nSPS) is 39.2. The van der Waals surface area contributed by atoms with Gasteiger partial charge in [-0.2, -0.15) is 0 Å². The van der Waals surface area contributed by atoms with E-state index >= 15 is 0 Å². The van der Waals surface area contributed by atoms with Crippen LogP contribution >= 0.6 is 0 Å². The van der Waals surface area contributed by atoms with Gasteiger partial charge in [0.05, 0.1) is 31.3 Å². The Balaban J connectivity index is 1.32. The van der Waals surface area contributed by atoms with Crippen molar-refractivity contribution in [1.82, 2.24) is 5.32 Å². The van der Waals surface area contributed by atoms with Gasteiger partial charge >= 0.3 is 0 Å². The Labute approximate surface area is 226 Å². The molecule has 38 heavy (non-hydrogen) atoms. The van der Waals surface area contributed by atoms with Crippen LogP contribution in [0.1, 0.15) is 82.7 Å². The molecule has 1 saturated carbocycles. The number of ether oxygens (including phenoxy) is 3. The predicted octanol–water partition coefficient (Wildman–Crippen LogP) is 5.92. The van der Waals surface area contributed by atoms with Gasteiger partial charge in [0.1, 0.15) is 17.6 Å². The van der Waals surface area contributed by atoms with Crippen LogP contribution in [0.15, 0.2) is 48.5 Å². The van der Waals surface area contributed by atoms with Gasteiger partial charge in [-0.15, -0.1) is 0 Å². The summed E-state index contributed by atoms with van der Waals surface area (Å²) in [6.45, 7) is 7.01. The van der Waals surface area contributed by atoms with E-state index in [2.05, 4.69) is 50.4 Å². The van der Waals surface area contributed by atoms with Crippen LogP contribution in [-0.2, 0) is 14.3 Å². The molecule has 0 unspecified atom stereocenters. The molecule has 2 aromatic carbocycles. The molecule has 6 heteroatoms. The molecule has 1 aliphatic carbocycles. The Morgan fingerprint density at radius 3 is 2.50 bits per heavy atom. The van der Waals surface area contributed by atoms with E-state index in [9.17, 15) is 4.79 Å². The minimum Gasteiger partial charge on any atom is -0.497 e. The second kappa shape index (κ2) is 8.80. The van der Waals surface area contributed by atoms with E-state index in [0.29, 0.717) is 11.8 Å². The molecule has 5 fully saturated rings. The molecule has 8 atom stereocenters. The summed E-state index contributed by atoms with van der Waals surface area (Å²) >= 11 is 0. The second-order valence-corrected chi connectivity index (χ2v) is 12.9. The number of anilines is 1. The van der Waals surface area contributed by atoms with Crippen LogP contribution in [0.3, 0.4) is 0 Å². The Morgan fingerprint density at radius 1 is 1.00 bits per heavy atom. The minimum atomic E-state index is -0.496. The van der Waals surface area contributed by atoms with Crippen molar-refractivity contribution in [3.8, 4) is 5.75 Å². The molecule has 2 bridgehead atoms. The van der Waals surface area contributed by atoms with Crippen LogP contribution in [0, 0.1) is 17.8 Å². The fourth-order valence-corrected chi connectivity index (χ4v) is 8.44. The third-order valence-electron chi connectivity index (χ3n) is 10.3. The number of carbonyl (C=O) groups excluding carboxylic acids is 1. The minimum absolute atomic E-state index is 0.0366. The number of amides is 1. The Hall–Kier alpha value is -2.41. The first-order chi connectivity index (χ1) is 18.3. The largest absolute Gasteiger partial charge is 0.497 e. The third kappa shape index (κ3) is 3.60. The van der Waals surface area contributed by atoms with Gasteiger partial charge in [-0.3, -0.25) is 10.1 Å². The summed E-state index contributed by atoms with van der Waals surface area (Å²) in [4.78, 5) is 16.1. The van der Waals surface area contributed by atoms with E-state index in [0.717, 1.165) is 48.2 Å². The van der Waals surface area contributed by atoms with Gasteiger partial charge in [0, 0.05) is 22.7 Å². The Bertz CT molecular complexity index is 1230. The number of nitrogens with one attached hydrogen (secondary N) is 1. The van der Waals surface area contributed by atoms with Gasteiger partial charge in [0.15, 0.2) is 0 Å². The Morgan fingerprint density at radius 2 is 1.76 bits per heavy atom. The maximum Gasteiger partial charge on any atom is 0.233 e. The molecule has 1 amide bonds. The molecule has 7 rings (SSSR count). The number of hydrogen-bond acceptors (Lipinski definition) is 5. The van der Waals surface area contributed by atoms with Gasteiger partial charge in [-0.1, -0.05) is 37.6 Å². The van der Waals surface area contributed by atoms with Gasteiger partial charge in [-0.25, -0.2) is 0 Å². The highest BCUT2D eigenvalue weighted by Gasteiger charge is 2.68. The zero-order valence-corrected chi connectivity index (χ0v) is 23.0. The molecule has 4 heterocycles. The molecule has 2 aromatic rings.